The number of aromatic hydroxyl groups is 1. The van der Waals surface area contributed by atoms with Gasteiger partial charge in [0.1, 0.15) is 16.4 Å². The lowest BCUT2D eigenvalue weighted by atomic mass is 10.1. The van der Waals surface area contributed by atoms with Crippen LogP contribution in [0.3, 0.4) is 0 Å². The van der Waals surface area contributed by atoms with Gasteiger partial charge in [-0.15, -0.1) is 0 Å². The Morgan fingerprint density at radius 1 is 1.26 bits per heavy atom. The number of halogens is 1. The summed E-state index contributed by atoms with van der Waals surface area (Å²) in [5.41, 5.74) is 3.66. The van der Waals surface area contributed by atoms with Crippen molar-refractivity contribution in [3.8, 4) is 5.75 Å². The Bertz CT molecular complexity index is 811. The molecule has 2 aromatic heterocycles. The summed E-state index contributed by atoms with van der Waals surface area (Å²) in [6.07, 6.45) is 2.64. The van der Waals surface area contributed by atoms with E-state index in [1.165, 1.54) is 0 Å². The summed E-state index contributed by atoms with van der Waals surface area (Å²) in [6, 6.07) is 9.30. The van der Waals surface area contributed by atoms with Crippen LogP contribution in [0.4, 0.5) is 5.69 Å². The van der Waals surface area contributed by atoms with Crippen molar-refractivity contribution < 1.29 is 5.11 Å². The highest BCUT2D eigenvalue weighted by atomic mass is 35.5. The minimum Gasteiger partial charge on any atom is -0.508 e. The molecule has 0 spiro atoms. The van der Waals surface area contributed by atoms with E-state index in [1.54, 1.807) is 24.5 Å². The number of phenolic OH excluding ortho intramolecular Hbond substituents is 1. The minimum absolute atomic E-state index is 0.274. The average molecular weight is 331 g/mol. The molecule has 23 heavy (non-hydrogen) atoms. The van der Waals surface area contributed by atoms with Crippen LogP contribution < -0.4 is 5.32 Å². The van der Waals surface area contributed by atoms with Gasteiger partial charge in [-0.2, -0.15) is 0 Å². The monoisotopic (exact) mass is 330 g/mol. The zero-order valence-corrected chi connectivity index (χ0v) is 13.9. The number of phenols is 1. The maximum atomic E-state index is 9.31. The summed E-state index contributed by atoms with van der Waals surface area (Å²) in [5, 5.41) is 13.1. The van der Waals surface area contributed by atoms with Crippen molar-refractivity contribution in [3.05, 3.63) is 47.4 Å². The second kappa shape index (κ2) is 6.46. The fourth-order valence-corrected chi connectivity index (χ4v) is 2.68. The molecule has 0 atom stereocenters. The zero-order valence-electron chi connectivity index (χ0n) is 13.1. The van der Waals surface area contributed by atoms with Crippen LogP contribution in [0.15, 0.2) is 36.7 Å². The first-order valence-electron chi connectivity index (χ1n) is 7.59. The summed E-state index contributed by atoms with van der Waals surface area (Å²) in [6.45, 7) is 4.91. The van der Waals surface area contributed by atoms with Gasteiger partial charge in [-0.1, -0.05) is 23.7 Å². The largest absolute Gasteiger partial charge is 0.508 e. The Morgan fingerprint density at radius 3 is 2.70 bits per heavy atom. The standard InChI is InChI=1S/C17H19ClN4O/c1-11(2)22-10-20-16-14(9-15(18)21-17(16)22)19-8-7-12-3-5-13(23)6-4-12/h3-6,9-11,23H,7-8H2,1-2H3,(H,19,21). The van der Waals surface area contributed by atoms with Crippen molar-refractivity contribution in [1.82, 2.24) is 14.5 Å². The molecule has 0 radical (unpaired) electrons. The number of rotatable bonds is 5. The third kappa shape index (κ3) is 3.40. The Hall–Kier alpha value is -2.27. The fraction of sp³-hybridized carbons (Fsp3) is 0.294. The van der Waals surface area contributed by atoms with E-state index in [1.807, 2.05) is 16.7 Å². The highest BCUT2D eigenvalue weighted by Gasteiger charge is 2.12. The lowest BCUT2D eigenvalue weighted by molar-refractivity contribution is 0.475. The first kappa shape index (κ1) is 15.6. The number of fused-ring (bicyclic) bond motifs is 1. The van der Waals surface area contributed by atoms with Gasteiger partial charge >= 0.3 is 0 Å². The summed E-state index contributed by atoms with van der Waals surface area (Å²) < 4.78 is 2.01. The van der Waals surface area contributed by atoms with Crippen LogP contribution in [0.1, 0.15) is 25.5 Å². The van der Waals surface area contributed by atoms with Crippen molar-refractivity contribution in [3.63, 3.8) is 0 Å². The van der Waals surface area contributed by atoms with E-state index in [0.29, 0.717) is 5.15 Å². The number of nitrogens with zero attached hydrogens (tertiary/aromatic N) is 3. The van der Waals surface area contributed by atoms with E-state index in [2.05, 4.69) is 29.1 Å². The number of hydrogen-bond acceptors (Lipinski definition) is 4. The van der Waals surface area contributed by atoms with E-state index in [9.17, 15) is 5.11 Å². The Morgan fingerprint density at radius 2 is 2.00 bits per heavy atom. The highest BCUT2D eigenvalue weighted by Crippen LogP contribution is 2.26. The van der Waals surface area contributed by atoms with Gasteiger partial charge in [-0.3, -0.25) is 0 Å². The second-order valence-electron chi connectivity index (χ2n) is 5.75. The molecule has 0 aliphatic carbocycles. The molecule has 1 aromatic carbocycles. The molecule has 3 aromatic rings. The molecule has 0 bridgehead atoms. The quantitative estimate of drug-likeness (QED) is 0.693. The number of pyridine rings is 1. The first-order valence-corrected chi connectivity index (χ1v) is 7.97. The number of hydrogen-bond donors (Lipinski definition) is 2. The maximum Gasteiger partial charge on any atom is 0.163 e. The van der Waals surface area contributed by atoms with E-state index < -0.39 is 0 Å². The molecule has 0 saturated carbocycles. The first-order chi connectivity index (χ1) is 11.0. The number of anilines is 1. The zero-order chi connectivity index (χ0) is 16.4. The SMILES string of the molecule is CC(C)n1cnc2c(NCCc3ccc(O)cc3)cc(Cl)nc21. The van der Waals surface area contributed by atoms with Crippen molar-refractivity contribution >= 4 is 28.5 Å². The molecule has 120 valence electrons. The smallest absolute Gasteiger partial charge is 0.163 e. The number of nitrogens with one attached hydrogen (secondary N) is 1. The van der Waals surface area contributed by atoms with Gasteiger partial charge in [0.25, 0.3) is 0 Å². The van der Waals surface area contributed by atoms with Gasteiger partial charge in [0.15, 0.2) is 5.65 Å². The van der Waals surface area contributed by atoms with E-state index in [4.69, 9.17) is 11.6 Å². The number of imidazole rings is 1. The van der Waals surface area contributed by atoms with Crippen molar-refractivity contribution in [2.45, 2.75) is 26.3 Å². The average Bonchev–Trinajstić information content (AvgIpc) is 2.93. The van der Waals surface area contributed by atoms with Gasteiger partial charge in [-0.25, -0.2) is 9.97 Å². The van der Waals surface area contributed by atoms with Crippen LogP contribution in [0, 0.1) is 0 Å². The Balaban J connectivity index is 1.78. The molecule has 0 aliphatic heterocycles. The van der Waals surface area contributed by atoms with Crippen LogP contribution >= 0.6 is 11.6 Å². The Kier molecular flexibility index (Phi) is 4.39. The van der Waals surface area contributed by atoms with E-state index >= 15 is 0 Å². The van der Waals surface area contributed by atoms with Crippen LogP contribution in [0.25, 0.3) is 11.2 Å². The van der Waals surface area contributed by atoms with Crippen molar-refractivity contribution in [1.29, 1.82) is 0 Å². The Labute approximate surface area is 140 Å². The summed E-state index contributed by atoms with van der Waals surface area (Å²) in [5.74, 6) is 0.281. The molecule has 0 saturated heterocycles. The molecule has 0 amide bonds. The third-order valence-electron chi connectivity index (χ3n) is 3.72. The fourth-order valence-electron chi connectivity index (χ4n) is 2.49. The molecular weight excluding hydrogens is 312 g/mol. The van der Waals surface area contributed by atoms with Gasteiger partial charge in [-0.05, 0) is 38.0 Å². The van der Waals surface area contributed by atoms with Crippen molar-refractivity contribution in [2.24, 2.45) is 0 Å². The summed E-state index contributed by atoms with van der Waals surface area (Å²) in [7, 11) is 0. The number of benzene rings is 1. The summed E-state index contributed by atoms with van der Waals surface area (Å²) >= 11 is 6.15. The predicted molar refractivity (Wildman–Crippen MR) is 93.2 cm³/mol. The van der Waals surface area contributed by atoms with Gasteiger partial charge in [0.05, 0.1) is 12.0 Å². The van der Waals surface area contributed by atoms with Crippen LogP contribution in [-0.2, 0) is 6.42 Å². The van der Waals surface area contributed by atoms with E-state index in [-0.39, 0.29) is 11.8 Å². The van der Waals surface area contributed by atoms with Gasteiger partial charge in [0, 0.05) is 18.7 Å². The maximum absolute atomic E-state index is 9.31. The third-order valence-corrected chi connectivity index (χ3v) is 3.91. The number of aromatic nitrogens is 3. The molecule has 2 heterocycles. The molecule has 5 nitrogen and oxygen atoms in total. The molecule has 0 fully saturated rings. The lowest BCUT2D eigenvalue weighted by Gasteiger charge is -2.10. The van der Waals surface area contributed by atoms with Crippen LogP contribution in [-0.4, -0.2) is 26.2 Å². The molecule has 0 unspecified atom stereocenters. The van der Waals surface area contributed by atoms with Crippen LogP contribution in [0.5, 0.6) is 5.75 Å². The molecule has 6 heteroatoms. The van der Waals surface area contributed by atoms with Gasteiger partial charge < -0.3 is 15.0 Å². The normalized spacial score (nSPS) is 11.3. The van der Waals surface area contributed by atoms with Crippen molar-refractivity contribution in [2.75, 3.05) is 11.9 Å². The lowest BCUT2D eigenvalue weighted by Crippen LogP contribution is -2.06. The molecule has 0 aliphatic rings. The topological polar surface area (TPSA) is 63.0 Å². The second-order valence-corrected chi connectivity index (χ2v) is 6.14. The molecule has 2 N–H and O–H groups in total. The summed E-state index contributed by atoms with van der Waals surface area (Å²) in [4.78, 5) is 8.86. The highest BCUT2D eigenvalue weighted by molar-refractivity contribution is 6.30. The molecular formula is C17H19ClN4O. The predicted octanol–water partition coefficient (Wildman–Crippen LogP) is 4.03. The van der Waals surface area contributed by atoms with E-state index in [0.717, 1.165) is 35.4 Å². The van der Waals surface area contributed by atoms with Gasteiger partial charge in [0.2, 0.25) is 0 Å². The minimum atomic E-state index is 0.274. The van der Waals surface area contributed by atoms with Crippen LogP contribution in [0.2, 0.25) is 5.15 Å². The molecule has 3 rings (SSSR count).